The van der Waals surface area contributed by atoms with Crippen LogP contribution in [0.25, 0.3) is 0 Å². The van der Waals surface area contributed by atoms with Gasteiger partial charge >= 0.3 is 0 Å². The van der Waals surface area contributed by atoms with E-state index in [1.165, 1.54) is 50.7 Å². The molecule has 0 atom stereocenters. The predicted molar refractivity (Wildman–Crippen MR) is 133 cm³/mol. The number of aliphatic hydroxyl groups excluding tert-OH is 1. The van der Waals surface area contributed by atoms with E-state index in [-0.39, 0.29) is 17.7 Å². The standard InChI is InChI=1S/2C12H17NO2.C2H7NO/c2*1-9-7-11(13(15)12(14)8-9)10-5-3-2-4-6-10;3-1-2-4/h2*7-8,10,15H,2-6H2,1H3;4H,1-3H2. The van der Waals surface area contributed by atoms with Gasteiger partial charge in [0.2, 0.25) is 0 Å². The summed E-state index contributed by atoms with van der Waals surface area (Å²) in [6.45, 7) is 4.27. The van der Waals surface area contributed by atoms with Crippen LogP contribution in [-0.4, -0.2) is 38.1 Å². The number of hydrogen-bond acceptors (Lipinski definition) is 6. The third-order valence-corrected chi connectivity index (χ3v) is 6.54. The molecule has 0 bridgehead atoms. The zero-order valence-electron chi connectivity index (χ0n) is 20.6. The average molecular weight is 476 g/mol. The lowest BCUT2D eigenvalue weighted by atomic mass is 9.86. The highest BCUT2D eigenvalue weighted by Gasteiger charge is 2.20. The van der Waals surface area contributed by atoms with Crippen LogP contribution in [-0.2, 0) is 0 Å². The van der Waals surface area contributed by atoms with E-state index in [0.29, 0.717) is 18.4 Å². The van der Waals surface area contributed by atoms with Crippen molar-refractivity contribution in [1.82, 2.24) is 9.46 Å². The maximum Gasteiger partial charge on any atom is 0.283 e. The highest BCUT2D eigenvalue weighted by molar-refractivity contribution is 5.20. The van der Waals surface area contributed by atoms with Crippen LogP contribution >= 0.6 is 0 Å². The van der Waals surface area contributed by atoms with E-state index in [2.05, 4.69) is 0 Å². The molecule has 0 radical (unpaired) electrons. The Labute approximate surface area is 201 Å². The maximum absolute atomic E-state index is 11.4. The molecule has 2 aliphatic rings. The minimum absolute atomic E-state index is 0.0972. The van der Waals surface area contributed by atoms with Gasteiger partial charge in [-0.25, -0.2) is 0 Å². The summed E-state index contributed by atoms with van der Waals surface area (Å²) in [5, 5.41) is 27.1. The van der Waals surface area contributed by atoms with Gasteiger partial charge in [-0.1, -0.05) is 38.5 Å². The van der Waals surface area contributed by atoms with Gasteiger partial charge in [-0.2, -0.15) is 9.46 Å². The molecule has 0 aliphatic heterocycles. The van der Waals surface area contributed by atoms with E-state index < -0.39 is 0 Å². The predicted octanol–water partition coefficient (Wildman–Crippen LogP) is 3.82. The van der Waals surface area contributed by atoms with Crippen LogP contribution in [0.15, 0.2) is 33.9 Å². The molecule has 2 fully saturated rings. The Morgan fingerprint density at radius 1 is 0.735 bits per heavy atom. The molecule has 2 aliphatic carbocycles. The fourth-order valence-electron chi connectivity index (χ4n) is 4.82. The second kappa shape index (κ2) is 14.0. The molecule has 2 heterocycles. The lowest BCUT2D eigenvalue weighted by molar-refractivity contribution is 0.156. The molecule has 0 aromatic carbocycles. The number of aromatic nitrogens is 2. The zero-order valence-corrected chi connectivity index (χ0v) is 20.6. The number of nitrogens with zero attached hydrogens (tertiary/aromatic N) is 2. The summed E-state index contributed by atoms with van der Waals surface area (Å²) in [6, 6.07) is 6.79. The van der Waals surface area contributed by atoms with Gasteiger partial charge in [0.15, 0.2) is 0 Å². The summed E-state index contributed by atoms with van der Waals surface area (Å²) in [5.74, 6) is 0.715. The lowest BCUT2D eigenvalue weighted by Gasteiger charge is -2.22. The first-order chi connectivity index (χ1) is 16.3. The topological polar surface area (TPSA) is 131 Å². The first-order valence-electron chi connectivity index (χ1n) is 12.4. The first-order valence-corrected chi connectivity index (χ1v) is 12.4. The molecule has 2 aromatic heterocycles. The summed E-state index contributed by atoms with van der Waals surface area (Å²) < 4.78 is 1.64. The van der Waals surface area contributed by atoms with Crippen LogP contribution in [0.3, 0.4) is 0 Å². The van der Waals surface area contributed by atoms with E-state index in [9.17, 15) is 20.0 Å². The lowest BCUT2D eigenvalue weighted by Crippen LogP contribution is -2.23. The summed E-state index contributed by atoms with van der Waals surface area (Å²) in [7, 11) is 0. The van der Waals surface area contributed by atoms with Crippen LogP contribution < -0.4 is 16.9 Å². The van der Waals surface area contributed by atoms with Crippen LogP contribution in [0.1, 0.15) is 98.6 Å². The van der Waals surface area contributed by atoms with Gasteiger partial charge in [-0.15, -0.1) is 0 Å². The Morgan fingerprint density at radius 2 is 1.06 bits per heavy atom. The molecule has 0 unspecified atom stereocenters. The highest BCUT2D eigenvalue weighted by atomic mass is 16.5. The van der Waals surface area contributed by atoms with Crippen LogP contribution in [0.4, 0.5) is 0 Å². The van der Waals surface area contributed by atoms with E-state index >= 15 is 0 Å². The van der Waals surface area contributed by atoms with Crippen LogP contribution in [0, 0.1) is 13.8 Å². The molecule has 8 nitrogen and oxygen atoms in total. The summed E-state index contributed by atoms with van der Waals surface area (Å²) in [4.78, 5) is 22.8. The van der Waals surface area contributed by atoms with Crippen molar-refractivity contribution in [2.75, 3.05) is 13.2 Å². The number of aryl methyl sites for hydroxylation is 2. The third kappa shape index (κ3) is 8.02. The zero-order chi connectivity index (χ0) is 25.1. The molecular formula is C26H41N3O5. The van der Waals surface area contributed by atoms with Crippen molar-refractivity contribution in [3.63, 3.8) is 0 Å². The Hall–Kier alpha value is -2.58. The average Bonchev–Trinajstić information content (AvgIpc) is 2.85. The van der Waals surface area contributed by atoms with Gasteiger partial charge in [0.05, 0.1) is 18.0 Å². The largest absolute Gasteiger partial charge is 0.425 e. The van der Waals surface area contributed by atoms with Crippen molar-refractivity contribution in [2.45, 2.75) is 89.9 Å². The Balaban J connectivity index is 0.000000208. The minimum atomic E-state index is -0.310. The molecule has 0 saturated heterocycles. The molecule has 4 rings (SSSR count). The number of hydrogen-bond donors (Lipinski definition) is 4. The Bertz CT molecular complexity index is 921. The number of aliphatic hydroxyl groups is 1. The van der Waals surface area contributed by atoms with Gasteiger partial charge < -0.3 is 21.3 Å². The van der Waals surface area contributed by atoms with Crippen molar-refractivity contribution < 1.29 is 15.5 Å². The maximum atomic E-state index is 11.4. The molecule has 8 heteroatoms. The third-order valence-electron chi connectivity index (χ3n) is 6.54. The minimum Gasteiger partial charge on any atom is -0.425 e. The molecule has 2 saturated carbocycles. The molecule has 2 aromatic rings. The van der Waals surface area contributed by atoms with Gasteiger partial charge in [0, 0.05) is 30.5 Å². The summed E-state index contributed by atoms with van der Waals surface area (Å²) in [5.41, 5.74) is 7.61. The smallest absolute Gasteiger partial charge is 0.283 e. The molecule has 0 amide bonds. The molecular weight excluding hydrogens is 434 g/mol. The second-order valence-corrected chi connectivity index (χ2v) is 9.40. The van der Waals surface area contributed by atoms with E-state index in [0.717, 1.165) is 57.7 Å². The van der Waals surface area contributed by atoms with Crippen molar-refractivity contribution in [1.29, 1.82) is 0 Å². The molecule has 5 N–H and O–H groups in total. The number of pyridine rings is 2. The normalized spacial score (nSPS) is 16.7. The summed E-state index contributed by atoms with van der Waals surface area (Å²) >= 11 is 0. The summed E-state index contributed by atoms with van der Waals surface area (Å²) in [6.07, 6.45) is 11.7. The van der Waals surface area contributed by atoms with Gasteiger partial charge in [0.1, 0.15) is 0 Å². The second-order valence-electron chi connectivity index (χ2n) is 9.40. The first kappa shape index (κ1) is 27.7. The molecule has 190 valence electrons. The van der Waals surface area contributed by atoms with Crippen LogP contribution in [0.5, 0.6) is 0 Å². The van der Waals surface area contributed by atoms with Crippen molar-refractivity contribution in [3.8, 4) is 0 Å². The SMILES string of the molecule is Cc1cc(C2CCCCC2)n(O)c(=O)c1.Cc1cc(C2CCCCC2)n(O)c(=O)c1.NCCO. The quantitative estimate of drug-likeness (QED) is 0.499. The Morgan fingerprint density at radius 3 is 1.35 bits per heavy atom. The van der Waals surface area contributed by atoms with Gasteiger partial charge in [-0.05, 0) is 62.8 Å². The van der Waals surface area contributed by atoms with Crippen molar-refractivity contribution >= 4 is 0 Å². The van der Waals surface area contributed by atoms with Crippen LogP contribution in [0.2, 0.25) is 0 Å². The van der Waals surface area contributed by atoms with E-state index in [1.54, 1.807) is 0 Å². The highest BCUT2D eigenvalue weighted by Crippen LogP contribution is 2.32. The number of rotatable bonds is 3. The monoisotopic (exact) mass is 475 g/mol. The van der Waals surface area contributed by atoms with Gasteiger partial charge in [0.25, 0.3) is 11.1 Å². The number of nitrogens with two attached hydrogens (primary N) is 1. The van der Waals surface area contributed by atoms with Crippen molar-refractivity contribution in [3.05, 3.63) is 67.5 Å². The molecule has 0 spiro atoms. The van der Waals surface area contributed by atoms with E-state index in [4.69, 9.17) is 10.8 Å². The van der Waals surface area contributed by atoms with Gasteiger partial charge in [-0.3, -0.25) is 9.59 Å². The fraction of sp³-hybridized carbons (Fsp3) is 0.615. The van der Waals surface area contributed by atoms with Crippen molar-refractivity contribution in [2.24, 2.45) is 5.73 Å². The molecule has 34 heavy (non-hydrogen) atoms. The Kier molecular flexibility index (Phi) is 11.4. The van der Waals surface area contributed by atoms with E-state index in [1.807, 2.05) is 26.0 Å². The fourth-order valence-corrected chi connectivity index (χ4v) is 4.82.